The standard InChI is InChI=1S/C13H8N4O9/c14-10-8(12(19)20)7(9(13(21)22)11(18)15-10)5-2-1-4(16(23)24)3-6(5)17(25)26/h1-3H,(H,19,20)(H,21,22)(H3,14,15,18). The molecule has 26 heavy (non-hydrogen) atoms. The number of carbonyl (C=O) groups is 2. The highest BCUT2D eigenvalue weighted by Gasteiger charge is 2.31. The number of hydrogen-bond donors (Lipinski definition) is 4. The molecule has 0 aliphatic heterocycles. The summed E-state index contributed by atoms with van der Waals surface area (Å²) in [4.78, 5) is 56.7. The number of pyridine rings is 1. The fraction of sp³-hybridized carbons (Fsp3) is 0. The van der Waals surface area contributed by atoms with Crippen LogP contribution in [-0.2, 0) is 0 Å². The maximum Gasteiger partial charge on any atom is 0.342 e. The molecule has 0 atom stereocenters. The Hall–Kier alpha value is -4.29. The average Bonchev–Trinajstić information content (AvgIpc) is 2.52. The van der Waals surface area contributed by atoms with E-state index in [1.165, 1.54) is 0 Å². The Kier molecular flexibility index (Phi) is 4.38. The van der Waals surface area contributed by atoms with Gasteiger partial charge in [-0.3, -0.25) is 25.0 Å². The van der Waals surface area contributed by atoms with Crippen LogP contribution >= 0.6 is 0 Å². The smallest absolute Gasteiger partial charge is 0.342 e. The third kappa shape index (κ3) is 2.91. The first-order chi connectivity index (χ1) is 12.1. The second-order valence-corrected chi connectivity index (χ2v) is 4.82. The third-order valence-electron chi connectivity index (χ3n) is 3.33. The molecule has 0 radical (unpaired) electrons. The van der Waals surface area contributed by atoms with Gasteiger partial charge in [0.1, 0.15) is 16.9 Å². The molecule has 0 spiro atoms. The van der Waals surface area contributed by atoms with E-state index in [9.17, 15) is 44.8 Å². The zero-order valence-electron chi connectivity index (χ0n) is 12.5. The molecule has 13 nitrogen and oxygen atoms in total. The number of aromatic amines is 1. The van der Waals surface area contributed by atoms with Crippen molar-refractivity contribution >= 4 is 29.1 Å². The lowest BCUT2D eigenvalue weighted by molar-refractivity contribution is -0.393. The number of carboxylic acids is 2. The zero-order chi connectivity index (χ0) is 19.8. The molecule has 2 aromatic rings. The number of anilines is 1. The number of carboxylic acid groups (broad SMARTS) is 2. The second kappa shape index (κ2) is 6.31. The average molecular weight is 364 g/mol. The summed E-state index contributed by atoms with van der Waals surface area (Å²) in [5, 5.41) is 40.6. The van der Waals surface area contributed by atoms with E-state index in [2.05, 4.69) is 0 Å². The largest absolute Gasteiger partial charge is 0.478 e. The summed E-state index contributed by atoms with van der Waals surface area (Å²) in [6.07, 6.45) is 0. The molecule has 0 saturated heterocycles. The van der Waals surface area contributed by atoms with Crippen LogP contribution in [-0.4, -0.2) is 37.0 Å². The molecule has 0 saturated carbocycles. The number of aromatic nitrogens is 1. The Morgan fingerprint density at radius 2 is 1.62 bits per heavy atom. The Morgan fingerprint density at radius 3 is 2.08 bits per heavy atom. The van der Waals surface area contributed by atoms with E-state index in [0.717, 1.165) is 12.1 Å². The van der Waals surface area contributed by atoms with Crippen molar-refractivity contribution in [3.8, 4) is 11.1 Å². The molecule has 0 fully saturated rings. The predicted octanol–water partition coefficient (Wildman–Crippen LogP) is 0.837. The van der Waals surface area contributed by atoms with Crippen LogP contribution in [0.4, 0.5) is 17.2 Å². The van der Waals surface area contributed by atoms with Crippen molar-refractivity contribution in [3.63, 3.8) is 0 Å². The Morgan fingerprint density at radius 1 is 1.04 bits per heavy atom. The molecule has 134 valence electrons. The molecular formula is C13H8N4O9. The summed E-state index contributed by atoms with van der Waals surface area (Å²) in [5.41, 5.74) is -0.951. The number of benzene rings is 1. The molecule has 1 aromatic carbocycles. The van der Waals surface area contributed by atoms with Crippen LogP contribution in [0.15, 0.2) is 23.0 Å². The summed E-state index contributed by atoms with van der Waals surface area (Å²) >= 11 is 0. The maximum atomic E-state index is 11.9. The number of nitrogens with two attached hydrogens (primary N) is 1. The molecule has 0 unspecified atom stereocenters. The molecule has 0 bridgehead atoms. The minimum Gasteiger partial charge on any atom is -0.478 e. The van der Waals surface area contributed by atoms with Gasteiger partial charge in [0.05, 0.1) is 21.5 Å². The van der Waals surface area contributed by atoms with Gasteiger partial charge in [0.25, 0.3) is 16.9 Å². The highest BCUT2D eigenvalue weighted by molar-refractivity contribution is 6.08. The first-order valence-electron chi connectivity index (χ1n) is 6.51. The predicted molar refractivity (Wildman–Crippen MR) is 84.1 cm³/mol. The summed E-state index contributed by atoms with van der Waals surface area (Å²) in [7, 11) is 0. The monoisotopic (exact) mass is 364 g/mol. The van der Waals surface area contributed by atoms with Crippen molar-refractivity contribution in [3.05, 3.63) is 59.9 Å². The van der Waals surface area contributed by atoms with E-state index in [1.807, 2.05) is 4.98 Å². The molecule has 1 heterocycles. The number of nitrogens with one attached hydrogen (secondary N) is 1. The van der Waals surface area contributed by atoms with Crippen molar-refractivity contribution < 1.29 is 29.6 Å². The fourth-order valence-corrected chi connectivity index (χ4v) is 2.31. The van der Waals surface area contributed by atoms with Crippen molar-refractivity contribution in [2.45, 2.75) is 0 Å². The highest BCUT2D eigenvalue weighted by Crippen LogP contribution is 2.37. The highest BCUT2D eigenvalue weighted by atomic mass is 16.6. The number of nitro benzene ring substituents is 2. The Balaban J connectivity index is 3.07. The van der Waals surface area contributed by atoms with Gasteiger partial charge in [-0.2, -0.15) is 0 Å². The van der Waals surface area contributed by atoms with E-state index in [1.54, 1.807) is 0 Å². The zero-order valence-corrected chi connectivity index (χ0v) is 12.5. The molecule has 2 rings (SSSR count). The molecule has 0 amide bonds. The lowest BCUT2D eigenvalue weighted by Gasteiger charge is -2.12. The first-order valence-corrected chi connectivity index (χ1v) is 6.51. The van der Waals surface area contributed by atoms with Gasteiger partial charge in [0.2, 0.25) is 0 Å². The topological polar surface area (TPSA) is 220 Å². The Labute approximate surface area is 141 Å². The van der Waals surface area contributed by atoms with Gasteiger partial charge in [-0.05, 0) is 6.07 Å². The summed E-state index contributed by atoms with van der Waals surface area (Å²) in [6.45, 7) is 0. The molecular weight excluding hydrogens is 356 g/mol. The number of H-pyrrole nitrogens is 1. The molecule has 0 aliphatic rings. The van der Waals surface area contributed by atoms with E-state index in [-0.39, 0.29) is 0 Å². The molecule has 5 N–H and O–H groups in total. The summed E-state index contributed by atoms with van der Waals surface area (Å²) < 4.78 is 0. The second-order valence-electron chi connectivity index (χ2n) is 4.82. The fourth-order valence-electron chi connectivity index (χ4n) is 2.31. The van der Waals surface area contributed by atoms with Crippen LogP contribution < -0.4 is 11.3 Å². The van der Waals surface area contributed by atoms with Crippen molar-refractivity contribution in [1.82, 2.24) is 4.98 Å². The van der Waals surface area contributed by atoms with Gasteiger partial charge in [0.15, 0.2) is 0 Å². The quantitative estimate of drug-likeness (QED) is 0.432. The van der Waals surface area contributed by atoms with E-state index in [4.69, 9.17) is 5.73 Å². The van der Waals surface area contributed by atoms with Gasteiger partial charge in [-0.1, -0.05) is 0 Å². The van der Waals surface area contributed by atoms with Crippen LogP contribution in [0.3, 0.4) is 0 Å². The SMILES string of the molecule is Nc1[nH]c(=O)c(C(=O)O)c(-c2ccc([N+](=O)[O-])cc2[N+](=O)[O-])c1C(=O)O. The number of nitrogens with zero attached hydrogens (tertiary/aromatic N) is 2. The summed E-state index contributed by atoms with van der Waals surface area (Å²) in [5.74, 6) is -4.35. The third-order valence-corrected chi connectivity index (χ3v) is 3.33. The van der Waals surface area contributed by atoms with Gasteiger partial charge < -0.3 is 20.9 Å². The van der Waals surface area contributed by atoms with E-state index in [0.29, 0.717) is 6.07 Å². The minimum atomic E-state index is -1.86. The van der Waals surface area contributed by atoms with Crippen LogP contribution in [0.5, 0.6) is 0 Å². The number of nitro groups is 2. The van der Waals surface area contributed by atoms with Crippen LogP contribution in [0.25, 0.3) is 11.1 Å². The van der Waals surface area contributed by atoms with Gasteiger partial charge in [0, 0.05) is 11.6 Å². The number of aromatic carboxylic acids is 2. The minimum absolute atomic E-state index is 0.518. The van der Waals surface area contributed by atoms with Gasteiger partial charge >= 0.3 is 11.9 Å². The molecule has 13 heteroatoms. The molecule has 0 aliphatic carbocycles. The van der Waals surface area contributed by atoms with Crippen molar-refractivity contribution in [2.75, 3.05) is 5.73 Å². The Bertz CT molecular complexity index is 1040. The normalized spacial score (nSPS) is 10.3. The van der Waals surface area contributed by atoms with E-state index >= 15 is 0 Å². The van der Waals surface area contributed by atoms with Crippen molar-refractivity contribution in [2.24, 2.45) is 0 Å². The number of nitrogen functional groups attached to an aromatic ring is 1. The summed E-state index contributed by atoms with van der Waals surface area (Å²) in [6, 6.07) is 2.10. The first kappa shape index (κ1) is 18.1. The van der Waals surface area contributed by atoms with Gasteiger partial charge in [-0.15, -0.1) is 0 Å². The number of rotatable bonds is 5. The number of hydrogen-bond acceptors (Lipinski definition) is 8. The van der Waals surface area contributed by atoms with Crippen LogP contribution in [0.1, 0.15) is 20.7 Å². The molecule has 1 aromatic heterocycles. The van der Waals surface area contributed by atoms with E-state index < -0.39 is 66.8 Å². The number of non-ortho nitro benzene ring substituents is 1. The van der Waals surface area contributed by atoms with Crippen LogP contribution in [0.2, 0.25) is 0 Å². The van der Waals surface area contributed by atoms with Crippen LogP contribution in [0, 0.1) is 20.2 Å². The van der Waals surface area contributed by atoms with Gasteiger partial charge in [-0.25, -0.2) is 9.59 Å². The maximum absolute atomic E-state index is 11.9. The lowest BCUT2D eigenvalue weighted by Crippen LogP contribution is -2.24. The lowest BCUT2D eigenvalue weighted by atomic mass is 9.94. The van der Waals surface area contributed by atoms with Crippen molar-refractivity contribution in [1.29, 1.82) is 0 Å².